The van der Waals surface area contributed by atoms with Gasteiger partial charge in [-0.1, -0.05) is 23.8 Å². The summed E-state index contributed by atoms with van der Waals surface area (Å²) in [7, 11) is 1.71. The van der Waals surface area contributed by atoms with Crippen molar-refractivity contribution in [2.45, 2.75) is 26.7 Å². The van der Waals surface area contributed by atoms with E-state index in [1.807, 2.05) is 34.9 Å². The molecule has 8 heteroatoms. The molecule has 0 aliphatic heterocycles. The van der Waals surface area contributed by atoms with Crippen molar-refractivity contribution in [3.8, 4) is 5.75 Å². The molecule has 1 aromatic carbocycles. The zero-order valence-electron chi connectivity index (χ0n) is 17.2. The standard InChI is InChI=1S/C21H28N6O.HI/c1-4-22-21(23-12-10-17-15-16(2)8-9-18(17)28-3)24-13-11-20-26-25-19-7-5-6-14-27(19)20;/h5-9,14-15H,4,10-13H2,1-3H3,(H2,22,23,24);1H. The fourth-order valence-corrected chi connectivity index (χ4v) is 3.09. The van der Waals surface area contributed by atoms with Crippen LogP contribution in [0.1, 0.15) is 23.9 Å². The van der Waals surface area contributed by atoms with Crippen LogP contribution in [0.15, 0.2) is 47.6 Å². The molecule has 0 unspecified atom stereocenters. The van der Waals surface area contributed by atoms with E-state index in [0.29, 0.717) is 6.54 Å². The molecule has 156 valence electrons. The fourth-order valence-electron chi connectivity index (χ4n) is 3.09. The van der Waals surface area contributed by atoms with Gasteiger partial charge in [0.25, 0.3) is 0 Å². The number of ether oxygens (including phenoxy) is 1. The number of pyridine rings is 1. The van der Waals surface area contributed by atoms with Crippen LogP contribution in [0, 0.1) is 6.92 Å². The Morgan fingerprint density at radius 3 is 2.79 bits per heavy atom. The molecule has 2 heterocycles. The van der Waals surface area contributed by atoms with Crippen molar-refractivity contribution < 1.29 is 4.74 Å². The van der Waals surface area contributed by atoms with Crippen LogP contribution in [-0.2, 0) is 12.8 Å². The molecule has 0 bridgehead atoms. The van der Waals surface area contributed by atoms with Crippen LogP contribution in [0.3, 0.4) is 0 Å². The van der Waals surface area contributed by atoms with E-state index in [-0.39, 0.29) is 24.0 Å². The summed E-state index contributed by atoms with van der Waals surface area (Å²) in [6.45, 7) is 6.38. The van der Waals surface area contributed by atoms with Crippen molar-refractivity contribution in [2.24, 2.45) is 4.99 Å². The highest BCUT2D eigenvalue weighted by Crippen LogP contribution is 2.19. The van der Waals surface area contributed by atoms with Crippen LogP contribution in [-0.4, -0.2) is 47.3 Å². The first-order valence-corrected chi connectivity index (χ1v) is 9.65. The minimum Gasteiger partial charge on any atom is -0.496 e. The van der Waals surface area contributed by atoms with Gasteiger partial charge in [-0.3, -0.25) is 9.39 Å². The van der Waals surface area contributed by atoms with Gasteiger partial charge in [0.05, 0.1) is 7.11 Å². The highest BCUT2D eigenvalue weighted by atomic mass is 127. The van der Waals surface area contributed by atoms with Gasteiger partial charge in [0.1, 0.15) is 11.6 Å². The molecule has 0 radical (unpaired) electrons. The predicted molar refractivity (Wildman–Crippen MR) is 128 cm³/mol. The first-order chi connectivity index (χ1) is 13.7. The molecule has 0 aliphatic carbocycles. The summed E-state index contributed by atoms with van der Waals surface area (Å²) in [5.41, 5.74) is 3.29. The molecule has 0 amide bonds. The normalized spacial score (nSPS) is 11.2. The first kappa shape index (κ1) is 22.9. The Hall–Kier alpha value is -2.36. The molecule has 0 aliphatic rings. The zero-order chi connectivity index (χ0) is 19.8. The van der Waals surface area contributed by atoms with Gasteiger partial charge in [-0.15, -0.1) is 34.2 Å². The number of hydrogen-bond donors (Lipinski definition) is 2. The Bertz CT molecular complexity index is 940. The summed E-state index contributed by atoms with van der Waals surface area (Å²) in [6.07, 6.45) is 3.57. The Labute approximate surface area is 189 Å². The van der Waals surface area contributed by atoms with Gasteiger partial charge < -0.3 is 15.4 Å². The van der Waals surface area contributed by atoms with Crippen molar-refractivity contribution in [1.29, 1.82) is 0 Å². The van der Waals surface area contributed by atoms with Crippen LogP contribution >= 0.6 is 24.0 Å². The number of fused-ring (bicyclic) bond motifs is 1. The quantitative estimate of drug-likeness (QED) is 0.278. The lowest BCUT2D eigenvalue weighted by Gasteiger charge is -2.13. The summed E-state index contributed by atoms with van der Waals surface area (Å²) in [5.74, 6) is 2.65. The highest BCUT2D eigenvalue weighted by molar-refractivity contribution is 14.0. The van der Waals surface area contributed by atoms with Gasteiger partial charge in [-0.25, -0.2) is 0 Å². The minimum atomic E-state index is 0. The van der Waals surface area contributed by atoms with Crippen molar-refractivity contribution in [1.82, 2.24) is 25.2 Å². The molecule has 2 aromatic heterocycles. The van der Waals surface area contributed by atoms with Crippen molar-refractivity contribution in [3.63, 3.8) is 0 Å². The Morgan fingerprint density at radius 2 is 2.00 bits per heavy atom. The summed E-state index contributed by atoms with van der Waals surface area (Å²) in [6, 6.07) is 12.1. The molecule has 3 rings (SSSR count). The largest absolute Gasteiger partial charge is 0.496 e. The topological polar surface area (TPSA) is 75.8 Å². The second-order valence-electron chi connectivity index (χ2n) is 6.55. The van der Waals surface area contributed by atoms with Gasteiger partial charge in [0, 0.05) is 32.3 Å². The maximum Gasteiger partial charge on any atom is 0.191 e. The Kier molecular flexibility index (Phi) is 9.17. The number of rotatable bonds is 8. The Morgan fingerprint density at radius 1 is 1.14 bits per heavy atom. The van der Waals surface area contributed by atoms with Crippen molar-refractivity contribution in [3.05, 3.63) is 59.5 Å². The molecule has 0 atom stereocenters. The van der Waals surface area contributed by atoms with Gasteiger partial charge in [-0.2, -0.15) is 0 Å². The number of methoxy groups -OCH3 is 1. The lowest BCUT2D eigenvalue weighted by Crippen LogP contribution is -2.38. The number of benzene rings is 1. The smallest absolute Gasteiger partial charge is 0.191 e. The number of hydrogen-bond acceptors (Lipinski definition) is 4. The van der Waals surface area contributed by atoms with Gasteiger partial charge in [0.15, 0.2) is 11.6 Å². The number of nitrogens with zero attached hydrogens (tertiary/aromatic N) is 4. The number of guanidine groups is 1. The van der Waals surface area contributed by atoms with E-state index in [1.165, 1.54) is 11.1 Å². The molecule has 2 N–H and O–H groups in total. The van der Waals surface area contributed by atoms with E-state index in [9.17, 15) is 0 Å². The third-order valence-electron chi connectivity index (χ3n) is 4.46. The lowest BCUT2D eigenvalue weighted by atomic mass is 10.1. The number of aromatic nitrogens is 3. The van der Waals surface area contributed by atoms with Crippen LogP contribution in [0.25, 0.3) is 5.65 Å². The molecular weight excluding hydrogens is 479 g/mol. The van der Waals surface area contributed by atoms with E-state index in [4.69, 9.17) is 4.74 Å². The summed E-state index contributed by atoms with van der Waals surface area (Å²) >= 11 is 0. The number of aryl methyl sites for hydroxylation is 1. The molecule has 0 saturated heterocycles. The predicted octanol–water partition coefficient (Wildman–Crippen LogP) is 3.00. The van der Waals surface area contributed by atoms with E-state index in [1.54, 1.807) is 7.11 Å². The van der Waals surface area contributed by atoms with Crippen LogP contribution in [0.5, 0.6) is 5.75 Å². The van der Waals surface area contributed by atoms with Crippen LogP contribution in [0.2, 0.25) is 0 Å². The lowest BCUT2D eigenvalue weighted by molar-refractivity contribution is 0.409. The maximum absolute atomic E-state index is 5.46. The van der Waals surface area contributed by atoms with Crippen LogP contribution in [0.4, 0.5) is 0 Å². The molecule has 0 saturated carbocycles. The molecule has 0 spiro atoms. The number of halogens is 1. The molecular formula is C21H29IN6O. The number of aliphatic imine (C=N–C) groups is 1. The van der Waals surface area contributed by atoms with E-state index in [2.05, 4.69) is 51.8 Å². The average molecular weight is 508 g/mol. The average Bonchev–Trinajstić information content (AvgIpc) is 3.11. The van der Waals surface area contributed by atoms with E-state index < -0.39 is 0 Å². The Balaban J connectivity index is 0.00000300. The van der Waals surface area contributed by atoms with E-state index in [0.717, 1.165) is 49.1 Å². The van der Waals surface area contributed by atoms with Crippen molar-refractivity contribution in [2.75, 3.05) is 26.7 Å². The second kappa shape index (κ2) is 11.6. The van der Waals surface area contributed by atoms with Crippen LogP contribution < -0.4 is 15.4 Å². The highest BCUT2D eigenvalue weighted by Gasteiger charge is 2.06. The molecule has 7 nitrogen and oxygen atoms in total. The SMILES string of the molecule is CCNC(=NCCc1nnc2ccccn12)NCCc1cc(C)ccc1OC.I. The van der Waals surface area contributed by atoms with E-state index >= 15 is 0 Å². The third-order valence-corrected chi connectivity index (χ3v) is 4.46. The first-order valence-electron chi connectivity index (χ1n) is 9.65. The van der Waals surface area contributed by atoms with Gasteiger partial charge in [0.2, 0.25) is 0 Å². The summed E-state index contributed by atoms with van der Waals surface area (Å²) in [5, 5.41) is 15.1. The fraction of sp³-hybridized carbons (Fsp3) is 0.381. The van der Waals surface area contributed by atoms with Gasteiger partial charge in [-0.05, 0) is 44.0 Å². The van der Waals surface area contributed by atoms with Crippen molar-refractivity contribution >= 4 is 35.6 Å². The summed E-state index contributed by atoms with van der Waals surface area (Å²) < 4.78 is 7.46. The number of nitrogens with one attached hydrogen (secondary N) is 2. The molecule has 3 aromatic rings. The minimum absolute atomic E-state index is 0. The maximum atomic E-state index is 5.46. The van der Waals surface area contributed by atoms with Gasteiger partial charge >= 0.3 is 0 Å². The second-order valence-corrected chi connectivity index (χ2v) is 6.55. The monoisotopic (exact) mass is 508 g/mol. The third kappa shape index (κ3) is 6.31. The molecule has 0 fully saturated rings. The molecule has 29 heavy (non-hydrogen) atoms. The summed E-state index contributed by atoms with van der Waals surface area (Å²) in [4.78, 5) is 4.67. The zero-order valence-corrected chi connectivity index (χ0v) is 19.5.